The van der Waals surface area contributed by atoms with Crippen molar-refractivity contribution >= 4 is 40.2 Å². The van der Waals surface area contributed by atoms with Crippen LogP contribution in [0.15, 0.2) is 41.3 Å². The molecule has 0 fully saturated rings. The van der Waals surface area contributed by atoms with Gasteiger partial charge >= 0.3 is 0 Å². The molecular weight excluding hydrogens is 346 g/mol. The van der Waals surface area contributed by atoms with Crippen molar-refractivity contribution in [3.05, 3.63) is 51.7 Å². The number of fused-ring (bicyclic) bond motifs is 2. The molecule has 6 heteroatoms. The van der Waals surface area contributed by atoms with Crippen molar-refractivity contribution in [2.45, 2.75) is 19.8 Å². The van der Waals surface area contributed by atoms with Gasteiger partial charge < -0.3 is 10.2 Å². The highest BCUT2D eigenvalue weighted by atomic mass is 32.1. The Morgan fingerprint density at radius 2 is 2.08 bits per heavy atom. The first-order valence-corrected chi connectivity index (χ1v) is 9.60. The second kappa shape index (κ2) is 6.70. The lowest BCUT2D eigenvalue weighted by molar-refractivity contribution is -0.117. The van der Waals surface area contributed by atoms with Crippen LogP contribution in [0.2, 0.25) is 0 Å². The first kappa shape index (κ1) is 17.0. The number of para-hydroxylation sites is 2. The summed E-state index contributed by atoms with van der Waals surface area (Å²) in [6.07, 6.45) is 3.43. The number of thiophene rings is 1. The average molecular weight is 367 g/mol. The summed E-state index contributed by atoms with van der Waals surface area (Å²) in [5.74, 6) is -0.149. The molecule has 4 rings (SSSR count). The van der Waals surface area contributed by atoms with Crippen LogP contribution in [0.25, 0.3) is 0 Å². The van der Waals surface area contributed by atoms with Crippen molar-refractivity contribution in [1.82, 2.24) is 4.90 Å². The minimum absolute atomic E-state index is 0.00352. The maximum Gasteiger partial charge on any atom is 0.258 e. The maximum absolute atomic E-state index is 13.3. The van der Waals surface area contributed by atoms with Crippen molar-refractivity contribution in [1.29, 1.82) is 0 Å². The van der Waals surface area contributed by atoms with E-state index in [1.807, 2.05) is 36.6 Å². The van der Waals surface area contributed by atoms with E-state index in [4.69, 9.17) is 0 Å². The minimum atomic E-state index is -0.153. The van der Waals surface area contributed by atoms with Crippen LogP contribution in [0.3, 0.4) is 0 Å². The molecule has 0 saturated carbocycles. The Balaban J connectivity index is 1.75. The monoisotopic (exact) mass is 367 g/mol. The second-order valence-corrected chi connectivity index (χ2v) is 7.89. The van der Waals surface area contributed by atoms with Crippen LogP contribution in [0.5, 0.6) is 0 Å². The van der Waals surface area contributed by atoms with E-state index in [0.29, 0.717) is 23.4 Å². The standard InChI is InChI=1S/C20H21N3O2S/c1-13-19-17(12-26-13)23(16-6-4-3-5-15(16)21-20(19)25)18(24)11-14-7-9-22(2)10-8-14/h3-7,12H,8-11H2,1-2H3,(H,21,25). The zero-order valence-electron chi connectivity index (χ0n) is 14.9. The Bertz CT molecular complexity index is 916. The molecule has 134 valence electrons. The number of nitrogens with zero attached hydrogens (tertiary/aromatic N) is 2. The van der Waals surface area contributed by atoms with Gasteiger partial charge in [0.2, 0.25) is 5.91 Å². The zero-order valence-corrected chi connectivity index (χ0v) is 15.7. The van der Waals surface area contributed by atoms with Crippen LogP contribution < -0.4 is 10.2 Å². The first-order valence-electron chi connectivity index (χ1n) is 8.72. The molecule has 1 N–H and O–H groups in total. The first-order chi connectivity index (χ1) is 12.5. The van der Waals surface area contributed by atoms with Crippen molar-refractivity contribution in [3.8, 4) is 0 Å². The molecule has 0 atom stereocenters. The number of likely N-dealkylation sites (N-methyl/N-ethyl adjacent to an activating group) is 1. The molecular formula is C20H21N3O2S. The van der Waals surface area contributed by atoms with Crippen molar-refractivity contribution in [3.63, 3.8) is 0 Å². The fourth-order valence-corrected chi connectivity index (χ4v) is 4.31. The van der Waals surface area contributed by atoms with E-state index in [-0.39, 0.29) is 11.8 Å². The van der Waals surface area contributed by atoms with E-state index in [0.717, 1.165) is 30.1 Å². The fraction of sp³-hybridized carbons (Fsp3) is 0.300. The highest BCUT2D eigenvalue weighted by Crippen LogP contribution is 2.42. The lowest BCUT2D eigenvalue weighted by atomic mass is 10.0. The summed E-state index contributed by atoms with van der Waals surface area (Å²) < 4.78 is 0. The number of aryl methyl sites for hydroxylation is 1. The van der Waals surface area contributed by atoms with Crippen LogP contribution in [0.1, 0.15) is 28.1 Å². The highest BCUT2D eigenvalue weighted by Gasteiger charge is 2.31. The molecule has 5 nitrogen and oxygen atoms in total. The zero-order chi connectivity index (χ0) is 18.3. The molecule has 0 spiro atoms. The smallest absolute Gasteiger partial charge is 0.258 e. The van der Waals surface area contributed by atoms with Crippen LogP contribution in [0.4, 0.5) is 17.1 Å². The third kappa shape index (κ3) is 2.95. The normalized spacial score (nSPS) is 17.1. The number of anilines is 3. The van der Waals surface area contributed by atoms with E-state index in [9.17, 15) is 9.59 Å². The molecule has 0 radical (unpaired) electrons. The van der Waals surface area contributed by atoms with Gasteiger partial charge in [0.15, 0.2) is 0 Å². The summed E-state index contributed by atoms with van der Waals surface area (Å²) >= 11 is 1.50. The fourth-order valence-electron chi connectivity index (χ4n) is 3.49. The van der Waals surface area contributed by atoms with Gasteiger partial charge in [-0.15, -0.1) is 11.3 Å². The van der Waals surface area contributed by atoms with Gasteiger partial charge in [0.05, 0.1) is 22.6 Å². The summed E-state index contributed by atoms with van der Waals surface area (Å²) in [5.41, 5.74) is 3.85. The second-order valence-electron chi connectivity index (χ2n) is 6.80. The van der Waals surface area contributed by atoms with Gasteiger partial charge in [-0.05, 0) is 32.5 Å². The SMILES string of the molecule is Cc1scc2c1C(=O)Nc1ccccc1N2C(=O)CC1=CCN(C)CC1. The van der Waals surface area contributed by atoms with Crippen molar-refractivity contribution in [2.24, 2.45) is 0 Å². The van der Waals surface area contributed by atoms with E-state index >= 15 is 0 Å². The summed E-state index contributed by atoms with van der Waals surface area (Å²) in [6, 6.07) is 7.49. The number of carbonyl (C=O) groups is 2. The molecule has 2 aromatic rings. The van der Waals surface area contributed by atoms with E-state index < -0.39 is 0 Å². The molecule has 2 aliphatic heterocycles. The van der Waals surface area contributed by atoms with Crippen LogP contribution >= 0.6 is 11.3 Å². The van der Waals surface area contributed by atoms with Gasteiger partial charge in [-0.3, -0.25) is 14.5 Å². The molecule has 1 aromatic heterocycles. The molecule has 26 heavy (non-hydrogen) atoms. The topological polar surface area (TPSA) is 52.7 Å². The molecule has 2 aliphatic rings. The number of amides is 2. The van der Waals surface area contributed by atoms with E-state index in [2.05, 4.69) is 23.3 Å². The number of benzene rings is 1. The number of hydrogen-bond acceptors (Lipinski definition) is 4. The molecule has 0 unspecified atom stereocenters. The third-order valence-corrected chi connectivity index (χ3v) is 5.85. The lowest BCUT2D eigenvalue weighted by Gasteiger charge is -2.26. The van der Waals surface area contributed by atoms with E-state index in [1.165, 1.54) is 16.9 Å². The molecule has 0 saturated heterocycles. The largest absolute Gasteiger partial charge is 0.320 e. The number of carbonyl (C=O) groups excluding carboxylic acids is 2. The van der Waals surface area contributed by atoms with Crippen LogP contribution in [-0.4, -0.2) is 36.9 Å². The van der Waals surface area contributed by atoms with Gasteiger partial charge in [-0.1, -0.05) is 23.8 Å². The molecule has 0 aliphatic carbocycles. The Kier molecular flexibility index (Phi) is 4.38. The predicted molar refractivity (Wildman–Crippen MR) is 105 cm³/mol. The van der Waals surface area contributed by atoms with Gasteiger partial charge in [0.25, 0.3) is 5.91 Å². The molecule has 1 aromatic carbocycles. The van der Waals surface area contributed by atoms with Gasteiger partial charge in [-0.2, -0.15) is 0 Å². The van der Waals surface area contributed by atoms with Gasteiger partial charge in [-0.25, -0.2) is 0 Å². The highest BCUT2D eigenvalue weighted by molar-refractivity contribution is 7.10. The number of rotatable bonds is 2. The molecule has 0 bridgehead atoms. The molecule has 3 heterocycles. The van der Waals surface area contributed by atoms with Crippen LogP contribution in [-0.2, 0) is 4.79 Å². The maximum atomic E-state index is 13.3. The van der Waals surface area contributed by atoms with Gasteiger partial charge in [0, 0.05) is 29.8 Å². The quantitative estimate of drug-likeness (QED) is 0.818. The summed E-state index contributed by atoms with van der Waals surface area (Å²) in [5, 5.41) is 4.86. The Morgan fingerprint density at radius 1 is 1.27 bits per heavy atom. The summed E-state index contributed by atoms with van der Waals surface area (Å²) in [6.45, 7) is 3.77. The van der Waals surface area contributed by atoms with Crippen molar-refractivity contribution in [2.75, 3.05) is 30.4 Å². The third-order valence-electron chi connectivity index (χ3n) is 4.95. The average Bonchev–Trinajstić information content (AvgIpc) is 2.93. The van der Waals surface area contributed by atoms with E-state index in [1.54, 1.807) is 4.90 Å². The number of hydrogen-bond donors (Lipinski definition) is 1. The Morgan fingerprint density at radius 3 is 2.85 bits per heavy atom. The summed E-state index contributed by atoms with van der Waals surface area (Å²) in [7, 11) is 2.08. The Labute approximate surface area is 156 Å². The minimum Gasteiger partial charge on any atom is -0.320 e. The lowest BCUT2D eigenvalue weighted by Crippen LogP contribution is -2.29. The molecule has 2 amide bonds. The Hall–Kier alpha value is -2.44. The van der Waals surface area contributed by atoms with Crippen molar-refractivity contribution < 1.29 is 9.59 Å². The number of nitrogens with one attached hydrogen (secondary N) is 1. The summed E-state index contributed by atoms with van der Waals surface area (Å²) in [4.78, 5) is 30.8. The predicted octanol–water partition coefficient (Wildman–Crippen LogP) is 3.94. The van der Waals surface area contributed by atoms with Gasteiger partial charge in [0.1, 0.15) is 0 Å². The van der Waals surface area contributed by atoms with Crippen LogP contribution in [0, 0.1) is 6.92 Å².